The van der Waals surface area contributed by atoms with E-state index in [-0.39, 0.29) is 12.0 Å². The van der Waals surface area contributed by atoms with Gasteiger partial charge in [-0.05, 0) is 12.5 Å². The maximum absolute atomic E-state index is 10.4. The van der Waals surface area contributed by atoms with Gasteiger partial charge in [-0.25, -0.2) is 0 Å². The first-order chi connectivity index (χ1) is 11.4. The Kier molecular flexibility index (Phi) is 6.09. The van der Waals surface area contributed by atoms with Gasteiger partial charge < -0.3 is 15.3 Å². The molecule has 0 saturated heterocycles. The molecule has 2 rings (SSSR count). The average molecular weight is 329 g/mol. The molecule has 130 valence electrons. The molecule has 0 aliphatic rings. The highest BCUT2D eigenvalue weighted by molar-refractivity contribution is 5.37. The van der Waals surface area contributed by atoms with Crippen molar-refractivity contribution in [2.75, 3.05) is 24.3 Å². The first kappa shape index (κ1) is 18.1. The number of hydrogen-bond donors (Lipinski definition) is 2. The first-order valence-electron chi connectivity index (χ1n) is 8.28. The normalized spacial score (nSPS) is 13.6. The standard InChI is InChI=1S/C18H27N5O/c1-12(2)16-20-17(22-18(21-16)23(4)5)19-13(3)15(24)11-14-9-7-6-8-10-14/h6-10,12-13,15,24H,11H2,1-5H3,(H,19,20,21,22). The van der Waals surface area contributed by atoms with E-state index in [0.29, 0.717) is 18.3 Å². The smallest absolute Gasteiger partial charge is 0.229 e. The van der Waals surface area contributed by atoms with Crippen molar-refractivity contribution in [1.29, 1.82) is 0 Å². The van der Waals surface area contributed by atoms with E-state index in [1.807, 2.05) is 70.1 Å². The largest absolute Gasteiger partial charge is 0.391 e. The highest BCUT2D eigenvalue weighted by Gasteiger charge is 2.18. The Morgan fingerprint density at radius 2 is 1.71 bits per heavy atom. The Hall–Kier alpha value is -2.21. The third-order valence-corrected chi connectivity index (χ3v) is 3.78. The van der Waals surface area contributed by atoms with Crippen LogP contribution in [0.2, 0.25) is 0 Å². The monoisotopic (exact) mass is 329 g/mol. The Balaban J connectivity index is 2.11. The SMILES string of the molecule is CC(C)c1nc(NC(C)C(O)Cc2ccccc2)nc(N(C)C)n1. The molecule has 24 heavy (non-hydrogen) atoms. The van der Waals surface area contributed by atoms with E-state index in [9.17, 15) is 5.11 Å². The number of benzene rings is 1. The maximum atomic E-state index is 10.4. The highest BCUT2D eigenvalue weighted by atomic mass is 16.3. The molecule has 2 N–H and O–H groups in total. The van der Waals surface area contributed by atoms with E-state index in [1.54, 1.807) is 0 Å². The molecule has 0 saturated carbocycles. The van der Waals surface area contributed by atoms with Crippen molar-refractivity contribution >= 4 is 11.9 Å². The molecule has 2 atom stereocenters. The van der Waals surface area contributed by atoms with Crippen LogP contribution in [0.3, 0.4) is 0 Å². The predicted molar refractivity (Wildman–Crippen MR) is 97.5 cm³/mol. The van der Waals surface area contributed by atoms with Crippen molar-refractivity contribution < 1.29 is 5.11 Å². The Labute approximate surface area is 144 Å². The van der Waals surface area contributed by atoms with Crippen molar-refractivity contribution in [2.45, 2.75) is 45.3 Å². The number of hydrogen-bond acceptors (Lipinski definition) is 6. The molecule has 0 radical (unpaired) electrons. The van der Waals surface area contributed by atoms with Crippen LogP contribution in [-0.2, 0) is 6.42 Å². The summed E-state index contributed by atoms with van der Waals surface area (Å²) in [4.78, 5) is 15.2. The fourth-order valence-electron chi connectivity index (χ4n) is 2.24. The molecule has 0 aliphatic heterocycles. The van der Waals surface area contributed by atoms with E-state index in [2.05, 4.69) is 20.3 Å². The zero-order valence-electron chi connectivity index (χ0n) is 15.1. The van der Waals surface area contributed by atoms with Gasteiger partial charge in [0, 0.05) is 26.4 Å². The topological polar surface area (TPSA) is 74.2 Å². The van der Waals surface area contributed by atoms with Crippen LogP contribution in [0.1, 0.15) is 38.1 Å². The zero-order valence-corrected chi connectivity index (χ0v) is 15.1. The third kappa shape index (κ3) is 4.89. The lowest BCUT2D eigenvalue weighted by Gasteiger charge is -2.22. The number of nitrogens with one attached hydrogen (secondary N) is 1. The summed E-state index contributed by atoms with van der Waals surface area (Å²) in [5, 5.41) is 13.7. The Morgan fingerprint density at radius 3 is 2.29 bits per heavy atom. The zero-order chi connectivity index (χ0) is 17.7. The summed E-state index contributed by atoms with van der Waals surface area (Å²) in [5.41, 5.74) is 1.10. The van der Waals surface area contributed by atoms with E-state index in [1.165, 1.54) is 0 Å². The molecule has 0 aliphatic carbocycles. The van der Waals surface area contributed by atoms with Crippen LogP contribution in [0.5, 0.6) is 0 Å². The minimum absolute atomic E-state index is 0.178. The van der Waals surface area contributed by atoms with Gasteiger partial charge in [0.25, 0.3) is 0 Å². The lowest BCUT2D eigenvalue weighted by molar-refractivity contribution is 0.158. The first-order valence-corrected chi connectivity index (χ1v) is 8.28. The molecular formula is C18H27N5O. The summed E-state index contributed by atoms with van der Waals surface area (Å²) in [7, 11) is 3.80. The highest BCUT2D eigenvalue weighted by Crippen LogP contribution is 2.16. The van der Waals surface area contributed by atoms with Crippen LogP contribution in [0.25, 0.3) is 0 Å². The molecule has 6 nitrogen and oxygen atoms in total. The fourth-order valence-corrected chi connectivity index (χ4v) is 2.24. The van der Waals surface area contributed by atoms with Gasteiger partial charge in [0.1, 0.15) is 5.82 Å². The van der Waals surface area contributed by atoms with Crippen molar-refractivity contribution in [3.63, 3.8) is 0 Å². The minimum atomic E-state index is -0.533. The van der Waals surface area contributed by atoms with E-state index in [0.717, 1.165) is 11.4 Å². The fraction of sp³-hybridized carbons (Fsp3) is 0.500. The van der Waals surface area contributed by atoms with Crippen molar-refractivity contribution in [3.8, 4) is 0 Å². The van der Waals surface area contributed by atoms with E-state index >= 15 is 0 Å². The summed E-state index contributed by atoms with van der Waals surface area (Å²) in [6.07, 6.45) is 0.0481. The summed E-state index contributed by atoms with van der Waals surface area (Å²) in [6, 6.07) is 9.77. The number of aliphatic hydroxyl groups is 1. The van der Waals surface area contributed by atoms with Gasteiger partial charge in [0.15, 0.2) is 0 Å². The molecule has 1 aromatic carbocycles. The second-order valence-corrected chi connectivity index (χ2v) is 6.56. The molecule has 0 amide bonds. The van der Waals surface area contributed by atoms with E-state index < -0.39 is 6.10 Å². The molecule has 1 aromatic heterocycles. The van der Waals surface area contributed by atoms with Gasteiger partial charge >= 0.3 is 0 Å². The van der Waals surface area contributed by atoms with Gasteiger partial charge in [-0.1, -0.05) is 44.2 Å². The molecule has 6 heteroatoms. The lowest BCUT2D eigenvalue weighted by Crippen LogP contribution is -2.33. The molecule has 0 fully saturated rings. The van der Waals surface area contributed by atoms with Crippen LogP contribution in [0, 0.1) is 0 Å². The van der Waals surface area contributed by atoms with Crippen LogP contribution in [0.4, 0.5) is 11.9 Å². The summed E-state index contributed by atoms with van der Waals surface area (Å²) in [5.74, 6) is 2.05. The molecule has 2 aromatic rings. The average Bonchev–Trinajstić information content (AvgIpc) is 2.55. The molecule has 0 bridgehead atoms. The summed E-state index contributed by atoms with van der Waals surface area (Å²) >= 11 is 0. The second kappa shape index (κ2) is 8.06. The number of aromatic nitrogens is 3. The maximum Gasteiger partial charge on any atom is 0.229 e. The van der Waals surface area contributed by atoms with Crippen molar-refractivity contribution in [2.24, 2.45) is 0 Å². The molecule has 2 unspecified atom stereocenters. The lowest BCUT2D eigenvalue weighted by atomic mass is 10.0. The van der Waals surface area contributed by atoms with Crippen LogP contribution < -0.4 is 10.2 Å². The molecule has 0 spiro atoms. The van der Waals surface area contributed by atoms with Crippen LogP contribution in [0.15, 0.2) is 30.3 Å². The number of rotatable bonds is 7. The van der Waals surface area contributed by atoms with Gasteiger partial charge in [0.05, 0.1) is 12.1 Å². The predicted octanol–water partition coefficient (Wildman–Crippen LogP) is 2.47. The van der Waals surface area contributed by atoms with E-state index in [4.69, 9.17) is 0 Å². The Bertz CT molecular complexity index is 619. The minimum Gasteiger partial charge on any atom is -0.391 e. The number of nitrogens with zero attached hydrogens (tertiary/aromatic N) is 4. The quantitative estimate of drug-likeness (QED) is 0.813. The van der Waals surface area contributed by atoms with Gasteiger partial charge in [-0.2, -0.15) is 15.0 Å². The van der Waals surface area contributed by atoms with Crippen LogP contribution >= 0.6 is 0 Å². The third-order valence-electron chi connectivity index (χ3n) is 3.78. The van der Waals surface area contributed by atoms with Crippen molar-refractivity contribution in [3.05, 3.63) is 41.7 Å². The van der Waals surface area contributed by atoms with Crippen LogP contribution in [-0.4, -0.2) is 46.3 Å². The van der Waals surface area contributed by atoms with Crippen molar-refractivity contribution in [1.82, 2.24) is 15.0 Å². The number of aliphatic hydroxyl groups excluding tert-OH is 1. The molecular weight excluding hydrogens is 302 g/mol. The van der Waals surface area contributed by atoms with Gasteiger partial charge in [-0.3, -0.25) is 0 Å². The van der Waals surface area contributed by atoms with Gasteiger partial charge in [-0.15, -0.1) is 0 Å². The Morgan fingerprint density at radius 1 is 1.04 bits per heavy atom. The molecule has 1 heterocycles. The number of anilines is 2. The van der Waals surface area contributed by atoms with Gasteiger partial charge in [0.2, 0.25) is 11.9 Å². The second-order valence-electron chi connectivity index (χ2n) is 6.56. The summed E-state index contributed by atoms with van der Waals surface area (Å²) < 4.78 is 0. The summed E-state index contributed by atoms with van der Waals surface area (Å²) in [6.45, 7) is 6.03.